The molecule has 0 unspecified atom stereocenters. The van der Waals surface area contributed by atoms with E-state index in [2.05, 4.69) is 9.97 Å². The van der Waals surface area contributed by atoms with Crippen molar-refractivity contribution < 1.29 is 13.9 Å². The van der Waals surface area contributed by atoms with E-state index >= 15 is 0 Å². The number of fused-ring (bicyclic) bond motifs is 1. The molecule has 4 nitrogen and oxygen atoms in total. The topological polar surface area (TPSA) is 49.3 Å². The van der Waals surface area contributed by atoms with Gasteiger partial charge in [0.1, 0.15) is 16.9 Å². The first kappa shape index (κ1) is 15.9. The molecule has 0 atom stereocenters. The lowest BCUT2D eigenvalue weighted by atomic mass is 9.87. The van der Waals surface area contributed by atoms with Gasteiger partial charge in [-0.05, 0) is 37.1 Å². The molecule has 1 fully saturated rings. The fraction of sp³-hybridized carbons (Fsp3) is 0.263. The molecule has 2 aromatic heterocycles. The fourth-order valence-corrected chi connectivity index (χ4v) is 3.45. The molecular weight excluding hydrogens is 324 g/mol. The second-order valence-electron chi connectivity index (χ2n) is 6.35. The molecule has 1 N–H and O–H groups in total. The second-order valence-corrected chi connectivity index (χ2v) is 6.35. The van der Waals surface area contributed by atoms with E-state index in [4.69, 9.17) is 0 Å². The summed E-state index contributed by atoms with van der Waals surface area (Å²) >= 11 is 0. The normalized spacial score (nSPS) is 17.0. The summed E-state index contributed by atoms with van der Waals surface area (Å²) in [7, 11) is 0. The number of piperidine rings is 1. The van der Waals surface area contributed by atoms with Gasteiger partial charge in [-0.1, -0.05) is 6.07 Å². The van der Waals surface area contributed by atoms with Crippen molar-refractivity contribution in [2.24, 2.45) is 0 Å². The van der Waals surface area contributed by atoms with Crippen LogP contribution in [0.4, 0.5) is 14.5 Å². The van der Waals surface area contributed by atoms with Gasteiger partial charge in [0.25, 0.3) is 0 Å². The minimum Gasteiger partial charge on any atom is -0.383 e. The summed E-state index contributed by atoms with van der Waals surface area (Å²) in [5.41, 5.74) is 0.569. The molecule has 0 amide bonds. The first-order chi connectivity index (χ1) is 12.1. The summed E-state index contributed by atoms with van der Waals surface area (Å²) in [5.74, 6) is -1.29. The van der Waals surface area contributed by atoms with Gasteiger partial charge in [0.15, 0.2) is 5.82 Å². The summed E-state index contributed by atoms with van der Waals surface area (Å²) in [6.07, 6.45) is 4.18. The number of hydrogen-bond donors (Lipinski definition) is 1. The van der Waals surface area contributed by atoms with Crippen LogP contribution in [0.25, 0.3) is 10.9 Å². The Bertz CT molecular complexity index is 909. The highest BCUT2D eigenvalue weighted by Gasteiger charge is 2.35. The Hall–Kier alpha value is -2.60. The van der Waals surface area contributed by atoms with Gasteiger partial charge in [-0.25, -0.2) is 8.78 Å². The lowest BCUT2D eigenvalue weighted by molar-refractivity contribution is 0.00765. The molecule has 1 aliphatic heterocycles. The summed E-state index contributed by atoms with van der Waals surface area (Å²) < 4.78 is 27.6. The van der Waals surface area contributed by atoms with E-state index in [9.17, 15) is 13.9 Å². The third-order valence-electron chi connectivity index (χ3n) is 4.81. The molecule has 1 aliphatic rings. The molecule has 0 aliphatic carbocycles. The van der Waals surface area contributed by atoms with Gasteiger partial charge in [0.2, 0.25) is 0 Å². The molecular formula is C19H17F2N3O. The zero-order valence-corrected chi connectivity index (χ0v) is 13.5. The SMILES string of the molecule is OC1(c2ccccn2)CCN(c2ccnc3c(F)cc(F)cc23)CC1. The maximum absolute atomic E-state index is 14.0. The summed E-state index contributed by atoms with van der Waals surface area (Å²) in [6.45, 7) is 1.12. The Labute approximate surface area is 143 Å². The van der Waals surface area contributed by atoms with E-state index in [1.165, 1.54) is 12.3 Å². The maximum Gasteiger partial charge on any atom is 0.152 e. The number of anilines is 1. The molecule has 0 radical (unpaired) electrons. The maximum atomic E-state index is 14.0. The van der Waals surface area contributed by atoms with Gasteiger partial charge in [0, 0.05) is 42.6 Å². The standard InChI is InChI=1S/C19H17F2N3O/c20-13-11-14-16(4-8-23-18(14)15(21)12-13)24-9-5-19(25,6-10-24)17-3-1-2-7-22-17/h1-4,7-8,11-12,25H,5-6,9-10H2. The summed E-state index contributed by atoms with van der Waals surface area (Å²) in [5, 5.41) is 11.3. The van der Waals surface area contributed by atoms with E-state index in [0.29, 0.717) is 37.0 Å². The van der Waals surface area contributed by atoms with Crippen molar-refractivity contribution >= 4 is 16.6 Å². The van der Waals surface area contributed by atoms with E-state index in [0.717, 1.165) is 11.8 Å². The first-order valence-corrected chi connectivity index (χ1v) is 8.19. The van der Waals surface area contributed by atoms with Crippen LogP contribution in [0.3, 0.4) is 0 Å². The number of hydrogen-bond acceptors (Lipinski definition) is 4. The van der Waals surface area contributed by atoms with Crippen molar-refractivity contribution in [1.82, 2.24) is 9.97 Å². The van der Waals surface area contributed by atoms with Gasteiger partial charge in [0.05, 0.1) is 5.69 Å². The van der Waals surface area contributed by atoms with E-state index < -0.39 is 17.2 Å². The molecule has 3 aromatic rings. The molecule has 0 saturated carbocycles. The lowest BCUT2D eigenvalue weighted by Gasteiger charge is -2.39. The Morgan fingerprint density at radius 3 is 2.52 bits per heavy atom. The van der Waals surface area contributed by atoms with E-state index in [-0.39, 0.29) is 5.52 Å². The zero-order valence-electron chi connectivity index (χ0n) is 13.5. The quantitative estimate of drug-likeness (QED) is 0.776. The van der Waals surface area contributed by atoms with Crippen LogP contribution in [0.15, 0.2) is 48.8 Å². The van der Waals surface area contributed by atoms with Crippen molar-refractivity contribution in [1.29, 1.82) is 0 Å². The van der Waals surface area contributed by atoms with Gasteiger partial charge < -0.3 is 10.0 Å². The third-order valence-corrected chi connectivity index (χ3v) is 4.81. The van der Waals surface area contributed by atoms with Crippen molar-refractivity contribution in [3.05, 3.63) is 66.1 Å². The Balaban J connectivity index is 1.64. The van der Waals surface area contributed by atoms with Crippen molar-refractivity contribution in [2.45, 2.75) is 18.4 Å². The van der Waals surface area contributed by atoms with Crippen LogP contribution in [0.1, 0.15) is 18.5 Å². The fourth-order valence-electron chi connectivity index (χ4n) is 3.45. The zero-order chi connectivity index (χ0) is 17.4. The number of pyridine rings is 2. The smallest absolute Gasteiger partial charge is 0.152 e. The second kappa shape index (κ2) is 6.04. The van der Waals surface area contributed by atoms with Crippen LogP contribution < -0.4 is 4.90 Å². The number of rotatable bonds is 2. The molecule has 0 bridgehead atoms. The van der Waals surface area contributed by atoms with Crippen LogP contribution in [0.2, 0.25) is 0 Å². The highest BCUT2D eigenvalue weighted by Crippen LogP contribution is 2.35. The molecule has 0 spiro atoms. The van der Waals surface area contributed by atoms with Crippen LogP contribution in [0.5, 0.6) is 0 Å². The van der Waals surface area contributed by atoms with Crippen molar-refractivity contribution in [3.63, 3.8) is 0 Å². The predicted molar refractivity (Wildman–Crippen MR) is 91.2 cm³/mol. The molecule has 3 heterocycles. The molecule has 1 saturated heterocycles. The highest BCUT2D eigenvalue weighted by atomic mass is 19.1. The van der Waals surface area contributed by atoms with E-state index in [1.54, 1.807) is 12.3 Å². The average molecular weight is 341 g/mol. The summed E-state index contributed by atoms with van der Waals surface area (Å²) in [4.78, 5) is 10.3. The van der Waals surface area contributed by atoms with Gasteiger partial charge >= 0.3 is 0 Å². The number of halogens is 2. The monoisotopic (exact) mass is 341 g/mol. The van der Waals surface area contributed by atoms with E-state index in [1.807, 2.05) is 23.1 Å². The van der Waals surface area contributed by atoms with Crippen LogP contribution in [0, 0.1) is 11.6 Å². The Morgan fingerprint density at radius 1 is 1.00 bits per heavy atom. The van der Waals surface area contributed by atoms with Crippen molar-refractivity contribution in [3.8, 4) is 0 Å². The van der Waals surface area contributed by atoms with Crippen LogP contribution in [-0.4, -0.2) is 28.2 Å². The minimum absolute atomic E-state index is 0.157. The van der Waals surface area contributed by atoms with Gasteiger partial charge in [-0.2, -0.15) is 0 Å². The van der Waals surface area contributed by atoms with Gasteiger partial charge in [-0.3, -0.25) is 9.97 Å². The number of benzene rings is 1. The predicted octanol–water partition coefficient (Wildman–Crippen LogP) is 3.40. The Morgan fingerprint density at radius 2 is 1.80 bits per heavy atom. The highest BCUT2D eigenvalue weighted by molar-refractivity contribution is 5.92. The molecule has 4 rings (SSSR count). The Kier molecular flexibility index (Phi) is 3.84. The molecule has 25 heavy (non-hydrogen) atoms. The van der Waals surface area contributed by atoms with Crippen LogP contribution in [-0.2, 0) is 5.60 Å². The lowest BCUT2D eigenvalue weighted by Crippen LogP contribution is -2.43. The number of nitrogens with zero attached hydrogens (tertiary/aromatic N) is 3. The largest absolute Gasteiger partial charge is 0.383 e. The summed E-state index contributed by atoms with van der Waals surface area (Å²) in [6, 6.07) is 9.40. The number of aromatic nitrogens is 2. The average Bonchev–Trinajstić information content (AvgIpc) is 2.63. The molecule has 6 heteroatoms. The first-order valence-electron chi connectivity index (χ1n) is 8.19. The number of aliphatic hydroxyl groups is 1. The van der Waals surface area contributed by atoms with Crippen molar-refractivity contribution in [2.75, 3.05) is 18.0 Å². The van der Waals surface area contributed by atoms with Crippen LogP contribution >= 0.6 is 0 Å². The third kappa shape index (κ3) is 2.82. The minimum atomic E-state index is -0.975. The molecule has 1 aromatic carbocycles. The molecule has 128 valence electrons. The van der Waals surface area contributed by atoms with Gasteiger partial charge in [-0.15, -0.1) is 0 Å².